The van der Waals surface area contributed by atoms with E-state index in [0.29, 0.717) is 0 Å². The number of nitro groups is 2. The molecule has 0 radical (unpaired) electrons. The van der Waals surface area contributed by atoms with Crippen LogP contribution in [-0.2, 0) is 9.08 Å². The van der Waals surface area contributed by atoms with Gasteiger partial charge in [0.05, 0.1) is 15.9 Å². The van der Waals surface area contributed by atoms with E-state index in [1.807, 2.05) is 0 Å². The maximum atomic E-state index is 10.2. The first kappa shape index (κ1) is 13.8. The minimum Gasteiger partial charge on any atom is -0.350 e. The Balaban J connectivity index is 0.000000487. The normalized spacial score (nSPS) is 8.31. The van der Waals surface area contributed by atoms with Gasteiger partial charge in [-0.1, -0.05) is 0 Å². The van der Waals surface area contributed by atoms with E-state index in [-0.39, 0.29) is 17.8 Å². The highest BCUT2D eigenvalue weighted by molar-refractivity contribution is 6.10. The van der Waals surface area contributed by atoms with Crippen molar-refractivity contribution in [2.75, 3.05) is 0 Å². The van der Waals surface area contributed by atoms with Crippen LogP contribution in [0.1, 0.15) is 0 Å². The number of rotatable bonds is 3. The predicted molar refractivity (Wildman–Crippen MR) is 52.8 cm³/mol. The summed E-state index contributed by atoms with van der Waals surface area (Å²) in [5, 5.41) is 20.3. The lowest BCUT2D eigenvalue weighted by molar-refractivity contribution is -0.394. The first-order valence-electron chi connectivity index (χ1n) is 3.62. The molecule has 0 aromatic heterocycles. The summed E-state index contributed by atoms with van der Waals surface area (Å²) >= 11 is 4.32. The average Bonchev–Trinajstić information content (AvgIpc) is 2.29. The second-order valence-corrected chi connectivity index (χ2v) is 2.40. The van der Waals surface area contributed by atoms with Crippen LogP contribution in [0.4, 0.5) is 11.4 Å². The van der Waals surface area contributed by atoms with Gasteiger partial charge in [0.1, 0.15) is 11.9 Å². The van der Waals surface area contributed by atoms with E-state index in [4.69, 9.17) is 4.79 Å². The molecule has 1 aromatic carbocycles. The standard InChI is InChI=1S/C6H4N2O4.CHClO2/c9-7(10)5-2-1-3-6(4-5)8(11)12;2-4-1-3/h1-4H;1H. The van der Waals surface area contributed by atoms with Gasteiger partial charge in [0.25, 0.3) is 11.4 Å². The van der Waals surface area contributed by atoms with Gasteiger partial charge in [-0.2, -0.15) is 0 Å². The molecule has 0 saturated heterocycles. The molecule has 1 aromatic rings. The van der Waals surface area contributed by atoms with Gasteiger partial charge >= 0.3 is 6.47 Å². The molecule has 0 spiro atoms. The topological polar surface area (TPSA) is 113 Å². The Morgan fingerprint density at radius 1 is 1.19 bits per heavy atom. The lowest BCUT2D eigenvalue weighted by atomic mass is 10.3. The maximum Gasteiger partial charge on any atom is 0.312 e. The van der Waals surface area contributed by atoms with Gasteiger partial charge in [0, 0.05) is 12.1 Å². The van der Waals surface area contributed by atoms with Crippen molar-refractivity contribution < 1.29 is 18.9 Å². The van der Waals surface area contributed by atoms with Gasteiger partial charge < -0.3 is 4.29 Å². The number of non-ortho nitro benzene ring substituents is 2. The molecular weight excluding hydrogens is 244 g/mol. The summed E-state index contributed by atoms with van der Waals surface area (Å²) in [6, 6.07) is 4.59. The van der Waals surface area contributed by atoms with E-state index >= 15 is 0 Å². The average molecular weight is 249 g/mol. The van der Waals surface area contributed by atoms with Crippen molar-refractivity contribution >= 4 is 29.7 Å². The second-order valence-electron chi connectivity index (χ2n) is 2.22. The molecule has 8 nitrogen and oxygen atoms in total. The molecule has 0 fully saturated rings. The summed E-state index contributed by atoms with van der Waals surface area (Å²) < 4.78 is 3.33. The number of benzene rings is 1. The summed E-state index contributed by atoms with van der Waals surface area (Å²) in [6.45, 7) is 0.140. The van der Waals surface area contributed by atoms with Crippen molar-refractivity contribution in [2.45, 2.75) is 0 Å². The van der Waals surface area contributed by atoms with Gasteiger partial charge in [-0.05, 0) is 6.07 Å². The van der Waals surface area contributed by atoms with Crippen LogP contribution < -0.4 is 0 Å². The quantitative estimate of drug-likeness (QED) is 0.458. The number of nitrogens with zero attached hydrogens (tertiary/aromatic N) is 2. The maximum absolute atomic E-state index is 10.2. The molecule has 0 unspecified atom stereocenters. The minimum atomic E-state index is -0.674. The molecule has 16 heavy (non-hydrogen) atoms. The van der Waals surface area contributed by atoms with Crippen LogP contribution in [0, 0.1) is 20.2 Å². The molecule has 0 amide bonds. The third-order valence-electron chi connectivity index (χ3n) is 1.29. The first-order chi connectivity index (χ1) is 7.52. The fraction of sp³-hybridized carbons (Fsp3) is 0. The monoisotopic (exact) mass is 248 g/mol. The zero-order valence-electron chi connectivity index (χ0n) is 7.61. The van der Waals surface area contributed by atoms with Crippen molar-refractivity contribution in [3.63, 3.8) is 0 Å². The zero-order valence-corrected chi connectivity index (χ0v) is 8.36. The van der Waals surface area contributed by atoms with E-state index < -0.39 is 9.85 Å². The molecular formula is C7H5ClN2O6. The van der Waals surface area contributed by atoms with Crippen LogP contribution >= 0.6 is 11.9 Å². The molecule has 0 aliphatic heterocycles. The third kappa shape index (κ3) is 4.86. The van der Waals surface area contributed by atoms with Gasteiger partial charge in [0.15, 0.2) is 0 Å². The molecule has 0 heterocycles. The highest BCUT2D eigenvalue weighted by Gasteiger charge is 2.11. The van der Waals surface area contributed by atoms with Crippen LogP contribution in [-0.4, -0.2) is 16.3 Å². The molecule has 0 saturated carbocycles. The van der Waals surface area contributed by atoms with E-state index in [0.717, 1.165) is 6.07 Å². The summed E-state index contributed by atoms with van der Waals surface area (Å²) in [5.41, 5.74) is -0.548. The SMILES string of the molecule is O=COCl.O=[N+]([O-])c1cccc([N+](=O)[O-])c1. The summed E-state index contributed by atoms with van der Waals surface area (Å²) in [4.78, 5) is 27.8. The van der Waals surface area contributed by atoms with Crippen molar-refractivity contribution in [2.24, 2.45) is 0 Å². The van der Waals surface area contributed by atoms with Crippen molar-refractivity contribution in [3.05, 3.63) is 44.5 Å². The minimum absolute atomic E-state index is 0.140. The highest BCUT2D eigenvalue weighted by atomic mass is 35.5. The highest BCUT2D eigenvalue weighted by Crippen LogP contribution is 2.18. The van der Waals surface area contributed by atoms with E-state index in [1.54, 1.807) is 0 Å². The number of carbonyl (C=O) groups is 1. The van der Waals surface area contributed by atoms with Crippen LogP contribution in [0.25, 0.3) is 0 Å². The Kier molecular flexibility index (Phi) is 6.13. The van der Waals surface area contributed by atoms with Gasteiger partial charge in [-0.3, -0.25) is 25.0 Å². The van der Waals surface area contributed by atoms with Crippen LogP contribution in [0.5, 0.6) is 0 Å². The molecule has 0 bridgehead atoms. The Labute approximate surface area is 93.9 Å². The van der Waals surface area contributed by atoms with E-state index in [2.05, 4.69) is 16.2 Å². The lowest BCUT2D eigenvalue weighted by Gasteiger charge is -1.90. The van der Waals surface area contributed by atoms with Crippen molar-refractivity contribution in [1.29, 1.82) is 0 Å². The molecule has 0 aliphatic rings. The molecule has 1 rings (SSSR count). The van der Waals surface area contributed by atoms with Crippen LogP contribution in [0.3, 0.4) is 0 Å². The lowest BCUT2D eigenvalue weighted by Crippen LogP contribution is -1.91. The third-order valence-corrected chi connectivity index (χ3v) is 1.36. The fourth-order valence-electron chi connectivity index (χ4n) is 0.720. The predicted octanol–water partition coefficient (Wildman–Crippen LogP) is 1.82. The number of carbonyl (C=O) groups excluding carboxylic acids is 1. The van der Waals surface area contributed by atoms with Gasteiger partial charge in [-0.25, -0.2) is 0 Å². The Hall–Kier alpha value is -2.22. The number of halogens is 1. The zero-order chi connectivity index (χ0) is 12.6. The molecule has 0 atom stereocenters. The van der Waals surface area contributed by atoms with Crippen molar-refractivity contribution in [3.8, 4) is 0 Å². The van der Waals surface area contributed by atoms with Crippen LogP contribution in [0.2, 0.25) is 0 Å². The van der Waals surface area contributed by atoms with Crippen LogP contribution in [0.15, 0.2) is 24.3 Å². The number of nitro benzene ring substituents is 2. The fourth-order valence-corrected chi connectivity index (χ4v) is 0.720. The Morgan fingerprint density at radius 2 is 1.56 bits per heavy atom. The molecule has 0 aliphatic carbocycles. The second kappa shape index (κ2) is 7.12. The summed E-state index contributed by atoms with van der Waals surface area (Å²) in [6.07, 6.45) is 0. The Bertz CT molecular complexity index is 367. The summed E-state index contributed by atoms with van der Waals surface area (Å²) in [7, 11) is 0. The van der Waals surface area contributed by atoms with Crippen molar-refractivity contribution in [1.82, 2.24) is 0 Å². The largest absolute Gasteiger partial charge is 0.350 e. The van der Waals surface area contributed by atoms with E-state index in [9.17, 15) is 20.2 Å². The number of hydrogen-bond donors (Lipinski definition) is 0. The number of hydrogen-bond acceptors (Lipinski definition) is 6. The molecule has 0 N–H and O–H groups in total. The Morgan fingerprint density at radius 3 is 1.81 bits per heavy atom. The van der Waals surface area contributed by atoms with E-state index in [1.165, 1.54) is 18.2 Å². The van der Waals surface area contributed by atoms with Gasteiger partial charge in [-0.15, -0.1) is 0 Å². The molecule has 9 heteroatoms. The smallest absolute Gasteiger partial charge is 0.312 e. The molecule has 86 valence electrons. The first-order valence-corrected chi connectivity index (χ1v) is 3.93. The van der Waals surface area contributed by atoms with Gasteiger partial charge in [0.2, 0.25) is 0 Å². The summed E-state index contributed by atoms with van der Waals surface area (Å²) in [5.74, 6) is 0.